The predicted octanol–water partition coefficient (Wildman–Crippen LogP) is 4.82. The van der Waals surface area contributed by atoms with Gasteiger partial charge in [-0.3, -0.25) is 4.79 Å². The highest BCUT2D eigenvalue weighted by Gasteiger charge is 2.30. The molecule has 0 aliphatic carbocycles. The molecule has 31 heavy (non-hydrogen) atoms. The molecule has 0 bridgehead atoms. The van der Waals surface area contributed by atoms with E-state index in [4.69, 9.17) is 4.74 Å². The van der Waals surface area contributed by atoms with Crippen LogP contribution in [0.15, 0.2) is 59.8 Å². The lowest BCUT2D eigenvalue weighted by Gasteiger charge is -2.30. The molecule has 0 N–H and O–H groups in total. The van der Waals surface area contributed by atoms with Gasteiger partial charge in [-0.05, 0) is 43.9 Å². The van der Waals surface area contributed by atoms with Crippen LogP contribution >= 0.6 is 11.8 Å². The standard InChI is InChI=1S/C24H28N4O2S/c1-3-28-22(19-14-8-9-15-20(19)30-2)25-26-24(28)31-21(18-12-6-4-7-13-18)23(29)27-16-10-5-11-17-27/h4,6-9,12-15,21H,3,5,10-11,16-17H2,1-2H3/t21-/m0/s1. The number of piperidine rings is 1. The average molecular weight is 437 g/mol. The van der Waals surface area contributed by atoms with Crippen molar-refractivity contribution in [1.29, 1.82) is 0 Å². The summed E-state index contributed by atoms with van der Waals surface area (Å²) in [5.41, 5.74) is 1.89. The molecule has 1 atom stereocenters. The van der Waals surface area contributed by atoms with Crippen LogP contribution in [0.1, 0.15) is 37.0 Å². The fourth-order valence-corrected chi connectivity index (χ4v) is 5.15. The SMILES string of the molecule is CCn1c(S[C@H](C(=O)N2CCCCC2)c2ccccc2)nnc1-c1ccccc1OC. The second-order valence-corrected chi connectivity index (χ2v) is 8.62. The van der Waals surface area contributed by atoms with E-state index in [9.17, 15) is 4.79 Å². The van der Waals surface area contributed by atoms with Crippen LogP contribution in [0.25, 0.3) is 11.4 Å². The van der Waals surface area contributed by atoms with Gasteiger partial charge in [0.05, 0.1) is 12.7 Å². The molecule has 0 unspecified atom stereocenters. The molecule has 0 saturated carbocycles. The van der Waals surface area contributed by atoms with Crippen molar-refractivity contribution in [1.82, 2.24) is 19.7 Å². The van der Waals surface area contributed by atoms with Crippen molar-refractivity contribution < 1.29 is 9.53 Å². The van der Waals surface area contributed by atoms with E-state index in [1.54, 1.807) is 7.11 Å². The van der Waals surface area contributed by atoms with Gasteiger partial charge in [-0.25, -0.2) is 0 Å². The number of para-hydroxylation sites is 1. The summed E-state index contributed by atoms with van der Waals surface area (Å²) in [6, 6.07) is 17.8. The maximum Gasteiger partial charge on any atom is 0.240 e. The van der Waals surface area contributed by atoms with E-state index in [-0.39, 0.29) is 11.2 Å². The van der Waals surface area contributed by atoms with Gasteiger partial charge in [0.15, 0.2) is 11.0 Å². The molecule has 1 aliphatic rings. The van der Waals surface area contributed by atoms with E-state index < -0.39 is 0 Å². The number of likely N-dealkylation sites (tertiary alicyclic amines) is 1. The minimum Gasteiger partial charge on any atom is -0.496 e. The predicted molar refractivity (Wildman–Crippen MR) is 123 cm³/mol. The molecule has 1 aliphatic heterocycles. The van der Waals surface area contributed by atoms with Crippen LogP contribution in [0.3, 0.4) is 0 Å². The van der Waals surface area contributed by atoms with Gasteiger partial charge in [-0.1, -0.05) is 54.2 Å². The summed E-state index contributed by atoms with van der Waals surface area (Å²) in [5, 5.41) is 9.34. The van der Waals surface area contributed by atoms with Crippen LogP contribution in [0, 0.1) is 0 Å². The molecule has 7 heteroatoms. The molecule has 162 valence electrons. The molecule has 1 aromatic heterocycles. The topological polar surface area (TPSA) is 60.2 Å². The number of hydrogen-bond donors (Lipinski definition) is 0. The normalized spacial score (nSPS) is 15.0. The highest BCUT2D eigenvalue weighted by molar-refractivity contribution is 8.00. The Balaban J connectivity index is 1.69. The van der Waals surface area contributed by atoms with Crippen molar-refractivity contribution in [3.63, 3.8) is 0 Å². The zero-order chi connectivity index (χ0) is 21.6. The Kier molecular flexibility index (Phi) is 6.92. The van der Waals surface area contributed by atoms with Gasteiger partial charge in [-0.15, -0.1) is 10.2 Å². The number of carbonyl (C=O) groups is 1. The van der Waals surface area contributed by atoms with Crippen LogP contribution in [0.4, 0.5) is 0 Å². The van der Waals surface area contributed by atoms with Gasteiger partial charge >= 0.3 is 0 Å². The number of nitrogens with zero attached hydrogens (tertiary/aromatic N) is 4. The zero-order valence-corrected chi connectivity index (χ0v) is 18.8. The molecule has 0 radical (unpaired) electrons. The molecule has 2 heterocycles. The third-order valence-corrected chi connectivity index (χ3v) is 6.82. The Morgan fingerprint density at radius 1 is 1.03 bits per heavy atom. The number of ether oxygens (including phenoxy) is 1. The van der Waals surface area contributed by atoms with Crippen molar-refractivity contribution in [3.8, 4) is 17.1 Å². The molecule has 1 amide bonds. The van der Waals surface area contributed by atoms with Crippen molar-refractivity contribution in [2.45, 2.75) is 43.1 Å². The highest BCUT2D eigenvalue weighted by Crippen LogP contribution is 2.38. The number of carbonyl (C=O) groups excluding carboxylic acids is 1. The summed E-state index contributed by atoms with van der Waals surface area (Å²) in [6.07, 6.45) is 3.33. The number of rotatable bonds is 7. The van der Waals surface area contributed by atoms with E-state index in [1.165, 1.54) is 18.2 Å². The number of aromatic nitrogens is 3. The maximum absolute atomic E-state index is 13.5. The number of amides is 1. The second-order valence-electron chi connectivity index (χ2n) is 7.55. The second kappa shape index (κ2) is 10.0. The molecule has 2 aromatic carbocycles. The fourth-order valence-electron chi connectivity index (χ4n) is 3.96. The van der Waals surface area contributed by atoms with E-state index in [0.717, 1.165) is 53.8 Å². The van der Waals surface area contributed by atoms with Gasteiger partial charge in [-0.2, -0.15) is 0 Å². The third-order valence-electron chi connectivity index (χ3n) is 5.60. The monoisotopic (exact) mass is 436 g/mol. The minimum atomic E-state index is -0.348. The molecular formula is C24H28N4O2S. The van der Waals surface area contributed by atoms with Crippen LogP contribution in [-0.4, -0.2) is 45.8 Å². The van der Waals surface area contributed by atoms with Gasteiger partial charge < -0.3 is 14.2 Å². The number of hydrogen-bond acceptors (Lipinski definition) is 5. The largest absolute Gasteiger partial charge is 0.496 e. The lowest BCUT2D eigenvalue weighted by Crippen LogP contribution is -2.38. The first-order valence-corrected chi connectivity index (χ1v) is 11.7. The lowest BCUT2D eigenvalue weighted by molar-refractivity contribution is -0.131. The molecule has 1 fully saturated rings. The third kappa shape index (κ3) is 4.61. The molecule has 1 saturated heterocycles. The number of methoxy groups -OCH3 is 1. The highest BCUT2D eigenvalue weighted by atomic mass is 32.2. The molecular weight excluding hydrogens is 408 g/mol. The van der Waals surface area contributed by atoms with Crippen LogP contribution < -0.4 is 4.74 Å². The van der Waals surface area contributed by atoms with Gasteiger partial charge in [0.2, 0.25) is 5.91 Å². The Morgan fingerprint density at radius 2 is 1.74 bits per heavy atom. The van der Waals surface area contributed by atoms with Crippen molar-refractivity contribution in [3.05, 3.63) is 60.2 Å². The quantitative estimate of drug-likeness (QED) is 0.497. The van der Waals surface area contributed by atoms with Crippen LogP contribution in [0.5, 0.6) is 5.75 Å². The minimum absolute atomic E-state index is 0.153. The number of benzene rings is 2. The van der Waals surface area contributed by atoms with Crippen molar-refractivity contribution in [2.75, 3.05) is 20.2 Å². The first-order valence-electron chi connectivity index (χ1n) is 10.8. The molecule has 6 nitrogen and oxygen atoms in total. The Morgan fingerprint density at radius 3 is 2.45 bits per heavy atom. The summed E-state index contributed by atoms with van der Waals surface area (Å²) in [6.45, 7) is 4.42. The van der Waals surface area contributed by atoms with Crippen LogP contribution in [-0.2, 0) is 11.3 Å². The Labute approximate surface area is 187 Å². The molecule has 3 aromatic rings. The van der Waals surface area contributed by atoms with E-state index >= 15 is 0 Å². The summed E-state index contributed by atoms with van der Waals surface area (Å²) < 4.78 is 7.59. The molecule has 0 spiro atoms. The average Bonchev–Trinajstić information content (AvgIpc) is 3.25. The summed E-state index contributed by atoms with van der Waals surface area (Å²) in [4.78, 5) is 15.5. The van der Waals surface area contributed by atoms with E-state index in [2.05, 4.69) is 21.7 Å². The van der Waals surface area contributed by atoms with Gasteiger partial charge in [0.25, 0.3) is 0 Å². The molecule has 4 rings (SSSR count). The van der Waals surface area contributed by atoms with E-state index in [0.29, 0.717) is 6.54 Å². The Bertz CT molecular complexity index is 1020. The lowest BCUT2D eigenvalue weighted by atomic mass is 10.1. The Hall–Kier alpha value is -2.80. The first-order chi connectivity index (χ1) is 15.2. The fraction of sp³-hybridized carbons (Fsp3) is 0.375. The smallest absolute Gasteiger partial charge is 0.240 e. The number of thioether (sulfide) groups is 1. The van der Waals surface area contributed by atoms with Gasteiger partial charge in [0, 0.05) is 19.6 Å². The summed E-state index contributed by atoms with van der Waals surface area (Å²) in [5.74, 6) is 1.66. The first kappa shape index (κ1) is 21.4. The van der Waals surface area contributed by atoms with Crippen molar-refractivity contribution in [2.24, 2.45) is 0 Å². The van der Waals surface area contributed by atoms with E-state index in [1.807, 2.05) is 59.5 Å². The zero-order valence-electron chi connectivity index (χ0n) is 18.0. The van der Waals surface area contributed by atoms with Crippen molar-refractivity contribution >= 4 is 17.7 Å². The maximum atomic E-state index is 13.5. The van der Waals surface area contributed by atoms with Gasteiger partial charge in [0.1, 0.15) is 11.0 Å². The summed E-state index contributed by atoms with van der Waals surface area (Å²) >= 11 is 1.48. The van der Waals surface area contributed by atoms with Crippen LogP contribution in [0.2, 0.25) is 0 Å². The summed E-state index contributed by atoms with van der Waals surface area (Å²) in [7, 11) is 1.66.